The molecule has 2 aromatic rings. The van der Waals surface area contributed by atoms with Gasteiger partial charge in [0.25, 0.3) is 11.9 Å². The zero-order chi connectivity index (χ0) is 26.7. The number of hydrogen-bond acceptors (Lipinski definition) is 10. The summed E-state index contributed by atoms with van der Waals surface area (Å²) in [5, 5.41) is 7.40. The Morgan fingerprint density at radius 2 is 1.75 bits per heavy atom. The maximum Gasteiger partial charge on any atom is 0.416 e. The highest BCUT2D eigenvalue weighted by atomic mass is 32.1. The first kappa shape index (κ1) is 27.3. The van der Waals surface area contributed by atoms with Crippen LogP contribution in [0.5, 0.6) is 0 Å². The number of hydrogen-bond donors (Lipinski definition) is 1. The number of nitrogens with zero attached hydrogens (tertiary/aromatic N) is 6. The van der Waals surface area contributed by atoms with Crippen LogP contribution in [0.2, 0.25) is 0 Å². The second-order valence-corrected chi connectivity index (χ2v) is 11.1. The summed E-state index contributed by atoms with van der Waals surface area (Å²) in [5.74, 6) is 0.175. The van der Waals surface area contributed by atoms with Crippen molar-refractivity contribution >= 4 is 35.4 Å². The van der Waals surface area contributed by atoms with E-state index in [1.54, 1.807) is 46.4 Å². The Hall–Kier alpha value is -3.26. The molecule has 0 unspecified atom stereocenters. The van der Waals surface area contributed by atoms with Gasteiger partial charge in [-0.1, -0.05) is 11.3 Å². The standard InChI is InChI=1S/C22H33N7O6S/c1-21(2,3)34-19(31)24-13-15-25-17(27(7)20(32)35-22(4,5)6)26-29(15)18-23-12-14(36-18)16(30)28-8-10-33-11-9-28/h12H,8-11,13H2,1-7H3,(H,24,31). The molecule has 1 saturated heterocycles. The van der Waals surface area contributed by atoms with Crippen molar-refractivity contribution in [3.05, 3.63) is 16.9 Å². The topological polar surface area (TPSA) is 141 Å². The molecule has 198 valence electrons. The van der Waals surface area contributed by atoms with Crippen molar-refractivity contribution in [2.75, 3.05) is 38.3 Å². The number of thiazole rings is 1. The molecule has 0 bridgehead atoms. The Morgan fingerprint density at radius 3 is 2.36 bits per heavy atom. The van der Waals surface area contributed by atoms with E-state index < -0.39 is 23.4 Å². The lowest BCUT2D eigenvalue weighted by Gasteiger charge is -2.26. The molecule has 3 amide bonds. The molecule has 14 heteroatoms. The van der Waals surface area contributed by atoms with Crippen molar-refractivity contribution in [2.45, 2.75) is 59.3 Å². The quantitative estimate of drug-likeness (QED) is 0.626. The van der Waals surface area contributed by atoms with Gasteiger partial charge in [-0.3, -0.25) is 4.79 Å². The molecule has 0 radical (unpaired) electrons. The summed E-state index contributed by atoms with van der Waals surface area (Å²) < 4.78 is 17.4. The number of amides is 3. The summed E-state index contributed by atoms with van der Waals surface area (Å²) in [6.07, 6.45) is 0.192. The molecular weight excluding hydrogens is 490 g/mol. The minimum Gasteiger partial charge on any atom is -0.444 e. The van der Waals surface area contributed by atoms with Crippen LogP contribution in [0.25, 0.3) is 5.13 Å². The monoisotopic (exact) mass is 523 g/mol. The summed E-state index contributed by atoms with van der Waals surface area (Å²) in [6.45, 7) is 12.5. The van der Waals surface area contributed by atoms with Gasteiger partial charge in [0, 0.05) is 20.1 Å². The second-order valence-electron chi connectivity index (χ2n) is 10.0. The summed E-state index contributed by atoms with van der Waals surface area (Å²) in [7, 11) is 1.48. The van der Waals surface area contributed by atoms with E-state index in [1.807, 2.05) is 0 Å². The molecule has 2 aromatic heterocycles. The van der Waals surface area contributed by atoms with Crippen LogP contribution in [0.1, 0.15) is 57.0 Å². The summed E-state index contributed by atoms with van der Waals surface area (Å²) in [5.41, 5.74) is -1.39. The van der Waals surface area contributed by atoms with Crippen molar-refractivity contribution in [3.63, 3.8) is 0 Å². The predicted molar refractivity (Wildman–Crippen MR) is 131 cm³/mol. The first-order valence-electron chi connectivity index (χ1n) is 11.5. The zero-order valence-electron chi connectivity index (χ0n) is 21.7. The predicted octanol–water partition coefficient (Wildman–Crippen LogP) is 2.59. The first-order valence-corrected chi connectivity index (χ1v) is 12.3. The number of alkyl carbamates (subject to hydrolysis) is 1. The van der Waals surface area contributed by atoms with Crippen LogP contribution in [0.3, 0.4) is 0 Å². The molecule has 3 heterocycles. The van der Waals surface area contributed by atoms with E-state index in [2.05, 4.69) is 20.4 Å². The Balaban J connectivity index is 1.87. The van der Waals surface area contributed by atoms with Crippen molar-refractivity contribution in [1.82, 2.24) is 30.0 Å². The molecule has 1 aliphatic heterocycles. The van der Waals surface area contributed by atoms with Gasteiger partial charge in [0.15, 0.2) is 5.82 Å². The van der Waals surface area contributed by atoms with E-state index in [4.69, 9.17) is 14.2 Å². The third kappa shape index (κ3) is 7.37. The Labute approximate surface area is 213 Å². The van der Waals surface area contributed by atoms with E-state index >= 15 is 0 Å². The second kappa shape index (κ2) is 10.8. The highest BCUT2D eigenvalue weighted by Gasteiger charge is 2.27. The molecule has 0 spiro atoms. The van der Waals surface area contributed by atoms with Gasteiger partial charge in [-0.15, -0.1) is 5.10 Å². The van der Waals surface area contributed by atoms with Gasteiger partial charge in [0.05, 0.1) is 26.0 Å². The number of anilines is 1. The van der Waals surface area contributed by atoms with Crippen LogP contribution < -0.4 is 10.2 Å². The molecule has 0 atom stereocenters. The Morgan fingerprint density at radius 1 is 1.11 bits per heavy atom. The van der Waals surface area contributed by atoms with Crippen LogP contribution in [0.15, 0.2) is 6.20 Å². The minimum absolute atomic E-state index is 0.0431. The van der Waals surface area contributed by atoms with E-state index in [0.717, 1.165) is 16.2 Å². The van der Waals surface area contributed by atoms with Crippen LogP contribution in [0.4, 0.5) is 15.5 Å². The lowest BCUT2D eigenvalue weighted by atomic mass is 10.2. The van der Waals surface area contributed by atoms with Gasteiger partial charge < -0.3 is 24.4 Å². The zero-order valence-corrected chi connectivity index (χ0v) is 22.5. The lowest BCUT2D eigenvalue weighted by Crippen LogP contribution is -2.40. The molecule has 36 heavy (non-hydrogen) atoms. The van der Waals surface area contributed by atoms with Gasteiger partial charge in [-0.25, -0.2) is 19.5 Å². The number of carbonyl (C=O) groups excluding carboxylic acids is 3. The van der Waals surface area contributed by atoms with Crippen LogP contribution in [-0.4, -0.2) is 87.3 Å². The third-order valence-electron chi connectivity index (χ3n) is 4.60. The fraction of sp³-hybridized carbons (Fsp3) is 0.636. The van der Waals surface area contributed by atoms with E-state index in [-0.39, 0.29) is 24.2 Å². The average molecular weight is 524 g/mol. The molecule has 1 N–H and O–H groups in total. The fourth-order valence-corrected chi connectivity index (χ4v) is 3.86. The maximum absolute atomic E-state index is 12.9. The van der Waals surface area contributed by atoms with Gasteiger partial charge in [0.2, 0.25) is 5.13 Å². The van der Waals surface area contributed by atoms with E-state index in [0.29, 0.717) is 36.3 Å². The summed E-state index contributed by atoms with van der Waals surface area (Å²) >= 11 is 1.13. The third-order valence-corrected chi connectivity index (χ3v) is 5.56. The van der Waals surface area contributed by atoms with Gasteiger partial charge in [-0.2, -0.15) is 9.67 Å². The van der Waals surface area contributed by atoms with E-state index in [9.17, 15) is 14.4 Å². The molecule has 1 fully saturated rings. The molecule has 0 aromatic carbocycles. The molecule has 3 rings (SSSR count). The number of nitrogens with one attached hydrogen (secondary N) is 1. The van der Waals surface area contributed by atoms with Gasteiger partial charge in [0.1, 0.15) is 16.1 Å². The van der Waals surface area contributed by atoms with Crippen LogP contribution >= 0.6 is 11.3 Å². The smallest absolute Gasteiger partial charge is 0.416 e. The van der Waals surface area contributed by atoms with Crippen LogP contribution in [-0.2, 0) is 20.8 Å². The van der Waals surface area contributed by atoms with Crippen molar-refractivity contribution in [1.29, 1.82) is 0 Å². The maximum atomic E-state index is 12.9. The minimum atomic E-state index is -0.709. The molecule has 0 saturated carbocycles. The van der Waals surface area contributed by atoms with Crippen molar-refractivity contribution in [2.24, 2.45) is 0 Å². The largest absolute Gasteiger partial charge is 0.444 e. The summed E-state index contributed by atoms with van der Waals surface area (Å²) in [6, 6.07) is 0. The average Bonchev–Trinajstić information content (AvgIpc) is 3.42. The molecule has 13 nitrogen and oxygen atoms in total. The first-order chi connectivity index (χ1) is 16.7. The number of carbonyl (C=O) groups is 3. The van der Waals surface area contributed by atoms with Crippen LogP contribution in [0, 0.1) is 0 Å². The number of ether oxygens (including phenoxy) is 3. The normalized spacial score (nSPS) is 14.4. The lowest BCUT2D eigenvalue weighted by molar-refractivity contribution is 0.0306. The SMILES string of the molecule is CN(C(=O)OC(C)(C)C)c1nc(CNC(=O)OC(C)(C)C)n(-c2ncc(C(=O)N3CCOCC3)s2)n1. The Bertz CT molecular complexity index is 1100. The molecule has 1 aliphatic rings. The van der Waals surface area contributed by atoms with E-state index in [1.165, 1.54) is 17.9 Å². The van der Waals surface area contributed by atoms with Gasteiger partial charge >= 0.3 is 12.2 Å². The Kier molecular flexibility index (Phi) is 8.19. The van der Waals surface area contributed by atoms with Gasteiger partial charge in [-0.05, 0) is 41.5 Å². The number of rotatable bonds is 5. The summed E-state index contributed by atoms with van der Waals surface area (Å²) in [4.78, 5) is 49.7. The van der Waals surface area contributed by atoms with Crippen molar-refractivity contribution in [3.8, 4) is 5.13 Å². The van der Waals surface area contributed by atoms with Crippen molar-refractivity contribution < 1.29 is 28.6 Å². The molecule has 0 aliphatic carbocycles. The number of aromatic nitrogens is 4. The highest BCUT2D eigenvalue weighted by molar-refractivity contribution is 7.16. The number of morpholine rings is 1. The highest BCUT2D eigenvalue weighted by Crippen LogP contribution is 2.23. The molecular formula is C22H33N7O6S. The fourth-order valence-electron chi connectivity index (χ4n) is 3.00.